The molecule has 1 saturated heterocycles. The molecule has 1 aromatic carbocycles. The second kappa shape index (κ2) is 9.18. The molecule has 0 unspecified atom stereocenters. The SMILES string of the molecule is CC.Fc1cccc(Sn2cc(N3CCC(NC4CC4)CC3)c3ncccc32)c1. The number of hydrogen-bond donors (Lipinski definition) is 1. The molecule has 3 aromatic rings. The fourth-order valence-corrected chi connectivity index (χ4v) is 4.76. The first kappa shape index (κ1) is 20.2. The molecule has 0 amide bonds. The number of aromatic nitrogens is 2. The quantitative estimate of drug-likeness (QED) is 0.602. The number of hydrogen-bond acceptors (Lipinski definition) is 4. The van der Waals surface area contributed by atoms with Crippen molar-refractivity contribution in [1.82, 2.24) is 14.3 Å². The lowest BCUT2D eigenvalue weighted by Gasteiger charge is -2.33. The first-order valence-corrected chi connectivity index (χ1v) is 11.4. The third kappa shape index (κ3) is 4.75. The second-order valence-corrected chi connectivity index (χ2v) is 8.51. The van der Waals surface area contributed by atoms with Gasteiger partial charge in [0, 0.05) is 42.5 Å². The molecule has 2 aromatic heterocycles. The van der Waals surface area contributed by atoms with E-state index in [1.54, 1.807) is 12.1 Å². The predicted molar refractivity (Wildman–Crippen MR) is 120 cm³/mol. The summed E-state index contributed by atoms with van der Waals surface area (Å²) in [4.78, 5) is 7.98. The molecule has 6 heteroatoms. The van der Waals surface area contributed by atoms with Gasteiger partial charge in [0.15, 0.2) is 0 Å². The Labute approximate surface area is 176 Å². The van der Waals surface area contributed by atoms with Gasteiger partial charge in [-0.25, -0.2) is 4.39 Å². The zero-order valence-electron chi connectivity index (χ0n) is 17.1. The standard InChI is InChI=1S/C21H23FN4S.C2H6/c22-15-3-1-4-18(13-15)27-26-14-20(21-19(26)5-2-10-23-21)25-11-8-17(9-12-25)24-16-6-7-16;1-2/h1-5,10,13-14,16-17,24H,6-9,11-12H2;1-2H3. The van der Waals surface area contributed by atoms with Crippen LogP contribution in [0.4, 0.5) is 10.1 Å². The average Bonchev–Trinajstić information content (AvgIpc) is 3.50. The molecular weight excluding hydrogens is 383 g/mol. The summed E-state index contributed by atoms with van der Waals surface area (Å²) >= 11 is 1.53. The molecule has 0 bridgehead atoms. The normalized spacial score (nSPS) is 17.3. The lowest BCUT2D eigenvalue weighted by molar-refractivity contribution is 0.413. The van der Waals surface area contributed by atoms with Crippen molar-refractivity contribution in [2.45, 2.75) is 56.5 Å². The maximum absolute atomic E-state index is 13.6. The lowest BCUT2D eigenvalue weighted by atomic mass is 10.0. The van der Waals surface area contributed by atoms with Gasteiger partial charge in [-0.05, 0) is 68.0 Å². The van der Waals surface area contributed by atoms with Crippen molar-refractivity contribution in [3.63, 3.8) is 0 Å². The van der Waals surface area contributed by atoms with E-state index in [0.717, 1.165) is 35.1 Å². The number of halogens is 1. The molecule has 1 aliphatic carbocycles. The predicted octanol–water partition coefficient (Wildman–Crippen LogP) is 5.48. The van der Waals surface area contributed by atoms with Crippen molar-refractivity contribution in [1.29, 1.82) is 0 Å². The first-order valence-electron chi connectivity index (χ1n) is 10.7. The molecule has 3 heterocycles. The minimum Gasteiger partial charge on any atom is -0.368 e. The Hall–Kier alpha value is -2.05. The number of nitrogens with one attached hydrogen (secondary N) is 1. The molecule has 154 valence electrons. The van der Waals surface area contributed by atoms with Crippen LogP contribution in [0.2, 0.25) is 0 Å². The van der Waals surface area contributed by atoms with Crippen molar-refractivity contribution in [2.75, 3.05) is 18.0 Å². The van der Waals surface area contributed by atoms with Gasteiger partial charge in [0.2, 0.25) is 0 Å². The van der Waals surface area contributed by atoms with Gasteiger partial charge in [-0.15, -0.1) is 0 Å². The average molecular weight is 413 g/mol. The highest BCUT2D eigenvalue weighted by Crippen LogP contribution is 2.34. The van der Waals surface area contributed by atoms with E-state index in [1.165, 1.54) is 49.4 Å². The smallest absolute Gasteiger partial charge is 0.124 e. The summed E-state index contributed by atoms with van der Waals surface area (Å²) in [6, 6.07) is 12.2. The first-order chi connectivity index (χ1) is 14.3. The van der Waals surface area contributed by atoms with Crippen LogP contribution in [-0.2, 0) is 0 Å². The maximum atomic E-state index is 13.6. The Bertz CT molecular complexity index is 945. The fourth-order valence-electron chi connectivity index (χ4n) is 3.83. The van der Waals surface area contributed by atoms with Crippen LogP contribution in [-0.4, -0.2) is 34.1 Å². The van der Waals surface area contributed by atoms with Crippen molar-refractivity contribution < 1.29 is 4.39 Å². The van der Waals surface area contributed by atoms with Crippen LogP contribution < -0.4 is 10.2 Å². The Morgan fingerprint density at radius 1 is 1.03 bits per heavy atom. The van der Waals surface area contributed by atoms with Crippen molar-refractivity contribution in [3.05, 3.63) is 54.6 Å². The van der Waals surface area contributed by atoms with Gasteiger partial charge in [0.25, 0.3) is 0 Å². The molecule has 1 N–H and O–H groups in total. The minimum atomic E-state index is -0.208. The van der Waals surface area contributed by atoms with E-state index in [1.807, 2.05) is 32.2 Å². The Balaban J connectivity index is 0.000000994. The second-order valence-electron chi connectivity index (χ2n) is 7.46. The number of benzene rings is 1. The highest BCUT2D eigenvalue weighted by atomic mass is 32.2. The van der Waals surface area contributed by atoms with Gasteiger partial charge in [0.05, 0.1) is 11.2 Å². The van der Waals surface area contributed by atoms with E-state index in [9.17, 15) is 4.39 Å². The van der Waals surface area contributed by atoms with Gasteiger partial charge in [-0.1, -0.05) is 19.9 Å². The molecule has 0 radical (unpaired) electrons. The monoisotopic (exact) mass is 412 g/mol. The topological polar surface area (TPSA) is 33.1 Å². The van der Waals surface area contributed by atoms with E-state index in [4.69, 9.17) is 0 Å². The summed E-state index contributed by atoms with van der Waals surface area (Å²) in [5, 5.41) is 3.76. The summed E-state index contributed by atoms with van der Waals surface area (Å²) in [7, 11) is 0. The summed E-state index contributed by atoms with van der Waals surface area (Å²) in [5.41, 5.74) is 3.27. The highest BCUT2D eigenvalue weighted by molar-refractivity contribution is 7.98. The Morgan fingerprint density at radius 2 is 1.79 bits per heavy atom. The molecule has 2 fully saturated rings. The van der Waals surface area contributed by atoms with E-state index in [0.29, 0.717) is 6.04 Å². The van der Waals surface area contributed by atoms with E-state index < -0.39 is 0 Å². The number of fused-ring (bicyclic) bond motifs is 1. The molecule has 4 nitrogen and oxygen atoms in total. The zero-order valence-corrected chi connectivity index (χ0v) is 18.0. The maximum Gasteiger partial charge on any atom is 0.124 e. The highest BCUT2D eigenvalue weighted by Gasteiger charge is 2.28. The molecule has 0 atom stereocenters. The third-order valence-corrected chi connectivity index (χ3v) is 6.35. The van der Waals surface area contributed by atoms with Gasteiger partial charge in [0.1, 0.15) is 11.3 Å². The number of piperidine rings is 1. The minimum absolute atomic E-state index is 0.208. The molecule has 1 saturated carbocycles. The summed E-state index contributed by atoms with van der Waals surface area (Å²) in [5.74, 6) is -0.208. The molecule has 0 spiro atoms. The zero-order chi connectivity index (χ0) is 20.2. The number of pyridine rings is 1. The summed E-state index contributed by atoms with van der Waals surface area (Å²) in [6.07, 6.45) is 9.04. The van der Waals surface area contributed by atoms with E-state index >= 15 is 0 Å². The van der Waals surface area contributed by atoms with Gasteiger partial charge < -0.3 is 10.2 Å². The largest absolute Gasteiger partial charge is 0.368 e. The van der Waals surface area contributed by atoms with Crippen LogP contribution in [0, 0.1) is 5.82 Å². The van der Waals surface area contributed by atoms with E-state index in [2.05, 4.69) is 31.4 Å². The lowest BCUT2D eigenvalue weighted by Crippen LogP contribution is -2.43. The van der Waals surface area contributed by atoms with Crippen molar-refractivity contribution in [2.24, 2.45) is 0 Å². The van der Waals surface area contributed by atoms with E-state index in [-0.39, 0.29) is 5.82 Å². The van der Waals surface area contributed by atoms with Gasteiger partial charge in [-0.2, -0.15) is 0 Å². The summed E-state index contributed by atoms with van der Waals surface area (Å²) in [6.45, 7) is 6.09. The van der Waals surface area contributed by atoms with Crippen LogP contribution in [0.25, 0.3) is 11.0 Å². The fraction of sp³-hybridized carbons (Fsp3) is 0.435. The number of rotatable bonds is 5. The number of nitrogens with zero attached hydrogens (tertiary/aromatic N) is 3. The number of anilines is 1. The van der Waals surface area contributed by atoms with Crippen LogP contribution in [0.1, 0.15) is 39.5 Å². The van der Waals surface area contributed by atoms with Crippen LogP contribution in [0.3, 0.4) is 0 Å². The van der Waals surface area contributed by atoms with Crippen LogP contribution in [0.5, 0.6) is 0 Å². The Morgan fingerprint density at radius 3 is 2.52 bits per heavy atom. The van der Waals surface area contributed by atoms with Gasteiger partial charge in [-0.3, -0.25) is 8.96 Å². The van der Waals surface area contributed by atoms with Crippen LogP contribution >= 0.6 is 11.9 Å². The molecule has 2 aliphatic rings. The molecular formula is C23H29FN4S. The summed E-state index contributed by atoms with van der Waals surface area (Å²) < 4.78 is 15.7. The van der Waals surface area contributed by atoms with Crippen molar-refractivity contribution >= 4 is 28.7 Å². The van der Waals surface area contributed by atoms with Crippen LogP contribution in [0.15, 0.2) is 53.7 Å². The van der Waals surface area contributed by atoms with Crippen molar-refractivity contribution in [3.8, 4) is 0 Å². The third-order valence-electron chi connectivity index (χ3n) is 5.39. The Kier molecular flexibility index (Phi) is 6.40. The van der Waals surface area contributed by atoms with Gasteiger partial charge >= 0.3 is 0 Å². The molecule has 29 heavy (non-hydrogen) atoms. The molecule has 5 rings (SSSR count). The molecule has 1 aliphatic heterocycles.